The van der Waals surface area contributed by atoms with Crippen molar-refractivity contribution < 1.29 is 4.79 Å². The summed E-state index contributed by atoms with van der Waals surface area (Å²) in [6.07, 6.45) is 1.83. The smallest absolute Gasteiger partial charge is 0.142 e. The number of anilines is 2. The van der Waals surface area contributed by atoms with Gasteiger partial charge in [0.25, 0.3) is 0 Å². The minimum absolute atomic E-state index is 0.639. The van der Waals surface area contributed by atoms with Crippen molar-refractivity contribution in [3.05, 3.63) is 67.3 Å². The molecule has 2 aromatic rings. The summed E-state index contributed by atoms with van der Waals surface area (Å²) in [4.78, 5) is 12.8. The lowest BCUT2D eigenvalue weighted by molar-refractivity contribution is -0.104. The molecule has 3 rings (SSSR count). The van der Waals surface area contributed by atoms with Crippen molar-refractivity contribution in [1.82, 2.24) is 4.31 Å². The Bertz CT molecular complexity index is 632. The first-order valence-corrected chi connectivity index (χ1v) is 9.11. The summed E-state index contributed by atoms with van der Waals surface area (Å²) in [5.41, 5.74) is 2.49. The zero-order valence-corrected chi connectivity index (χ0v) is 15.4. The molecule has 1 heterocycles. The van der Waals surface area contributed by atoms with Gasteiger partial charge in [0.1, 0.15) is 6.29 Å². The maximum absolute atomic E-state index is 9.06. The second-order valence-corrected chi connectivity index (χ2v) is 6.66. The SMILES string of the molecule is C=CC=O.CNc1ccc(SN2CCN(c3ccccc3)CC2)cc1. The van der Waals surface area contributed by atoms with Crippen LogP contribution in [0.15, 0.2) is 72.1 Å². The van der Waals surface area contributed by atoms with Crippen LogP contribution in [0.5, 0.6) is 0 Å². The zero-order valence-electron chi connectivity index (χ0n) is 14.6. The summed E-state index contributed by atoms with van der Waals surface area (Å²) < 4.78 is 2.45. The average Bonchev–Trinajstić information content (AvgIpc) is 2.70. The number of carbonyl (C=O) groups is 1. The molecule has 0 bridgehead atoms. The molecule has 1 saturated heterocycles. The molecule has 1 aliphatic heterocycles. The van der Waals surface area contributed by atoms with Gasteiger partial charge in [-0.3, -0.25) is 4.79 Å². The normalized spacial score (nSPS) is 14.2. The van der Waals surface area contributed by atoms with Gasteiger partial charge >= 0.3 is 0 Å². The van der Waals surface area contributed by atoms with E-state index in [9.17, 15) is 0 Å². The number of hydrogen-bond donors (Lipinski definition) is 1. The third-order valence-corrected chi connectivity index (χ3v) is 4.94. The van der Waals surface area contributed by atoms with Gasteiger partial charge in [-0.05, 0) is 54.4 Å². The number of nitrogens with one attached hydrogen (secondary N) is 1. The van der Waals surface area contributed by atoms with Crippen molar-refractivity contribution in [3.63, 3.8) is 0 Å². The van der Waals surface area contributed by atoms with E-state index in [1.807, 2.05) is 19.0 Å². The van der Waals surface area contributed by atoms with E-state index < -0.39 is 0 Å². The van der Waals surface area contributed by atoms with Gasteiger partial charge in [0.15, 0.2) is 0 Å². The predicted molar refractivity (Wildman–Crippen MR) is 108 cm³/mol. The van der Waals surface area contributed by atoms with Crippen LogP contribution in [0.1, 0.15) is 0 Å². The molecule has 4 nitrogen and oxygen atoms in total. The Morgan fingerprint density at radius 1 is 1.00 bits per heavy atom. The van der Waals surface area contributed by atoms with E-state index in [1.165, 1.54) is 16.7 Å². The van der Waals surface area contributed by atoms with Gasteiger partial charge in [0, 0.05) is 49.5 Å². The number of aldehydes is 1. The number of piperazine rings is 1. The van der Waals surface area contributed by atoms with Crippen LogP contribution < -0.4 is 10.2 Å². The number of carbonyl (C=O) groups excluding carboxylic acids is 1. The standard InChI is InChI=1S/C17H21N3S.C3H4O/c1-18-15-7-9-17(10-8-15)21-20-13-11-19(12-14-20)16-5-3-2-4-6-16;1-2-3-4/h2-10,18H,11-14H2,1H3;2-3H,1H2. The van der Waals surface area contributed by atoms with E-state index in [2.05, 4.69) is 75.7 Å². The third-order valence-electron chi connectivity index (χ3n) is 3.83. The molecular formula is C20H25N3OS. The van der Waals surface area contributed by atoms with Crippen LogP contribution in [0.25, 0.3) is 0 Å². The number of nitrogens with zero attached hydrogens (tertiary/aromatic N) is 2. The van der Waals surface area contributed by atoms with Gasteiger partial charge in [-0.1, -0.05) is 24.8 Å². The summed E-state index contributed by atoms with van der Waals surface area (Å²) in [6.45, 7) is 7.47. The van der Waals surface area contributed by atoms with E-state index in [0.717, 1.165) is 31.9 Å². The quantitative estimate of drug-likeness (QED) is 0.499. The van der Waals surface area contributed by atoms with Crippen molar-refractivity contribution in [1.29, 1.82) is 0 Å². The predicted octanol–water partition coefficient (Wildman–Crippen LogP) is 3.93. The lowest BCUT2D eigenvalue weighted by atomic mass is 10.2. The summed E-state index contributed by atoms with van der Waals surface area (Å²) in [7, 11) is 1.95. The first-order chi connectivity index (χ1) is 12.3. The molecule has 0 atom stereocenters. The number of benzene rings is 2. The van der Waals surface area contributed by atoms with Crippen LogP contribution in [0.3, 0.4) is 0 Å². The first-order valence-electron chi connectivity index (χ1n) is 8.33. The van der Waals surface area contributed by atoms with Gasteiger partial charge < -0.3 is 10.2 Å². The minimum Gasteiger partial charge on any atom is -0.388 e. The molecule has 0 aromatic heterocycles. The van der Waals surface area contributed by atoms with Crippen LogP contribution in [-0.2, 0) is 4.79 Å². The summed E-state index contributed by atoms with van der Waals surface area (Å²) >= 11 is 1.86. The Kier molecular flexibility index (Phi) is 8.09. The van der Waals surface area contributed by atoms with E-state index in [0.29, 0.717) is 6.29 Å². The molecule has 0 spiro atoms. The number of para-hydroxylation sites is 1. The van der Waals surface area contributed by atoms with Crippen molar-refractivity contribution >= 4 is 29.6 Å². The summed E-state index contributed by atoms with van der Waals surface area (Å²) in [5, 5.41) is 3.15. The fourth-order valence-corrected chi connectivity index (χ4v) is 3.41. The Hall–Kier alpha value is -2.24. The topological polar surface area (TPSA) is 35.6 Å². The molecule has 5 heteroatoms. The van der Waals surface area contributed by atoms with Gasteiger partial charge in [-0.25, -0.2) is 4.31 Å². The molecule has 1 aliphatic rings. The third kappa shape index (κ3) is 6.29. The largest absolute Gasteiger partial charge is 0.388 e. The van der Waals surface area contributed by atoms with Crippen LogP contribution in [0, 0.1) is 0 Å². The Labute approximate surface area is 154 Å². The molecule has 0 unspecified atom stereocenters. The Balaban J connectivity index is 0.000000511. The highest BCUT2D eigenvalue weighted by molar-refractivity contribution is 7.97. The number of allylic oxidation sites excluding steroid dienone is 1. The van der Waals surface area contributed by atoms with E-state index in [1.54, 1.807) is 0 Å². The number of hydrogen-bond acceptors (Lipinski definition) is 5. The van der Waals surface area contributed by atoms with Crippen LogP contribution in [-0.4, -0.2) is 43.8 Å². The number of rotatable bonds is 5. The zero-order chi connectivity index (χ0) is 17.9. The van der Waals surface area contributed by atoms with Gasteiger partial charge in [0.05, 0.1) is 0 Å². The van der Waals surface area contributed by atoms with E-state index in [4.69, 9.17) is 4.79 Å². The van der Waals surface area contributed by atoms with Gasteiger partial charge in [-0.15, -0.1) is 0 Å². The second kappa shape index (κ2) is 10.6. The van der Waals surface area contributed by atoms with E-state index >= 15 is 0 Å². The molecule has 2 aromatic carbocycles. The molecule has 1 N–H and O–H groups in total. The fraction of sp³-hybridized carbons (Fsp3) is 0.250. The van der Waals surface area contributed by atoms with Crippen LogP contribution >= 0.6 is 11.9 Å². The minimum atomic E-state index is 0.639. The molecule has 0 saturated carbocycles. The lowest BCUT2D eigenvalue weighted by Gasteiger charge is -2.35. The molecule has 0 amide bonds. The maximum atomic E-state index is 9.06. The highest BCUT2D eigenvalue weighted by Crippen LogP contribution is 2.26. The molecular weight excluding hydrogens is 330 g/mol. The molecule has 0 aliphatic carbocycles. The summed E-state index contributed by atoms with van der Waals surface area (Å²) in [6, 6.07) is 19.3. The van der Waals surface area contributed by atoms with Crippen molar-refractivity contribution in [2.75, 3.05) is 43.4 Å². The lowest BCUT2D eigenvalue weighted by Crippen LogP contribution is -2.43. The van der Waals surface area contributed by atoms with Gasteiger partial charge in [0.2, 0.25) is 0 Å². The molecule has 132 valence electrons. The van der Waals surface area contributed by atoms with Crippen LogP contribution in [0.2, 0.25) is 0 Å². The Morgan fingerprint density at radius 3 is 2.12 bits per heavy atom. The Morgan fingerprint density at radius 2 is 1.60 bits per heavy atom. The van der Waals surface area contributed by atoms with Crippen molar-refractivity contribution in [2.45, 2.75) is 4.90 Å². The van der Waals surface area contributed by atoms with Crippen LogP contribution in [0.4, 0.5) is 11.4 Å². The summed E-state index contributed by atoms with van der Waals surface area (Å²) in [5.74, 6) is 0. The van der Waals surface area contributed by atoms with Gasteiger partial charge in [-0.2, -0.15) is 0 Å². The monoisotopic (exact) mass is 355 g/mol. The van der Waals surface area contributed by atoms with Crippen molar-refractivity contribution in [2.24, 2.45) is 0 Å². The highest BCUT2D eigenvalue weighted by atomic mass is 32.2. The molecule has 1 fully saturated rings. The second-order valence-electron chi connectivity index (χ2n) is 5.49. The highest BCUT2D eigenvalue weighted by Gasteiger charge is 2.17. The first kappa shape index (κ1) is 19.1. The maximum Gasteiger partial charge on any atom is 0.142 e. The van der Waals surface area contributed by atoms with E-state index in [-0.39, 0.29) is 0 Å². The molecule has 0 radical (unpaired) electrons. The fourth-order valence-electron chi connectivity index (χ4n) is 2.51. The molecule has 25 heavy (non-hydrogen) atoms. The van der Waals surface area contributed by atoms with Crippen molar-refractivity contribution in [3.8, 4) is 0 Å². The average molecular weight is 356 g/mol.